The Balaban J connectivity index is 3.11. The zero-order valence-electron chi connectivity index (χ0n) is 18.1. The molecule has 24 heavy (non-hydrogen) atoms. The van der Waals surface area contributed by atoms with Gasteiger partial charge in [-0.3, -0.25) is 4.79 Å². The predicted molar refractivity (Wildman–Crippen MR) is 98.5 cm³/mol. The van der Waals surface area contributed by atoms with E-state index >= 15 is 0 Å². The van der Waals surface area contributed by atoms with Gasteiger partial charge in [0.15, 0.2) is 5.78 Å². The Kier molecular flexibility index (Phi) is 5.52. The van der Waals surface area contributed by atoms with Crippen molar-refractivity contribution in [1.82, 2.24) is 0 Å². The Morgan fingerprint density at radius 3 is 2.58 bits per heavy atom. The zero-order chi connectivity index (χ0) is 20.8. The monoisotopic (exact) mass is 331 g/mol. The first-order valence-electron chi connectivity index (χ1n) is 9.46. The molecule has 0 fully saturated rings. The fourth-order valence-corrected chi connectivity index (χ4v) is 2.40. The highest BCUT2D eigenvalue weighted by Crippen LogP contribution is 2.39. The Bertz CT molecular complexity index is 745. The molecule has 0 spiro atoms. The van der Waals surface area contributed by atoms with Crippen LogP contribution in [-0.4, -0.2) is 18.9 Å². The van der Waals surface area contributed by atoms with E-state index in [1.165, 1.54) is 13.2 Å². The van der Waals surface area contributed by atoms with Gasteiger partial charge in [0.25, 0.3) is 0 Å². The second kappa shape index (κ2) is 8.62. The van der Waals surface area contributed by atoms with Gasteiger partial charge in [0.1, 0.15) is 0 Å². The third kappa shape index (κ3) is 5.80. The average molecular weight is 331 g/mol. The van der Waals surface area contributed by atoms with Crippen LogP contribution in [0.2, 0.25) is 0 Å². The van der Waals surface area contributed by atoms with E-state index in [0.717, 1.165) is 11.1 Å². The van der Waals surface area contributed by atoms with Gasteiger partial charge in [-0.1, -0.05) is 49.8 Å². The van der Waals surface area contributed by atoms with E-state index in [0.29, 0.717) is 12.0 Å². The van der Waals surface area contributed by atoms with E-state index < -0.39 is 12.8 Å². The number of rotatable bonds is 5. The van der Waals surface area contributed by atoms with Crippen molar-refractivity contribution in [2.45, 2.75) is 47.4 Å². The molecule has 0 aromatic heterocycles. The van der Waals surface area contributed by atoms with Crippen molar-refractivity contribution in [3.8, 4) is 0 Å². The second-order valence-electron chi connectivity index (χ2n) is 6.61. The molecule has 3 nitrogen and oxygen atoms in total. The molecule has 0 radical (unpaired) electrons. The van der Waals surface area contributed by atoms with Crippen LogP contribution in [-0.2, 0) is 14.3 Å². The Labute approximate surface area is 149 Å². The molecule has 0 unspecified atom stereocenters. The lowest BCUT2D eigenvalue weighted by Gasteiger charge is -2.32. The molecule has 1 rings (SSSR count). The van der Waals surface area contributed by atoms with Crippen LogP contribution < -0.4 is 0 Å². The minimum Gasteiger partial charge on any atom is -0.466 e. The molecule has 130 valence electrons. The summed E-state index contributed by atoms with van der Waals surface area (Å²) in [5.74, 6) is -0.704. The van der Waals surface area contributed by atoms with E-state index in [1.807, 2.05) is 32.9 Å². The normalized spacial score (nSPS) is 21.9. The highest BCUT2D eigenvalue weighted by Gasteiger charge is 2.30. The number of hydrogen-bond donors (Lipinski definition) is 0. The van der Waals surface area contributed by atoms with Crippen molar-refractivity contribution in [2.24, 2.45) is 5.41 Å². The lowest BCUT2D eigenvalue weighted by molar-refractivity contribution is -0.134. The number of carbonyl (C=O) groups is 2. The van der Waals surface area contributed by atoms with Gasteiger partial charge in [-0.15, -0.1) is 0 Å². The molecular formula is C21H28O3. The van der Waals surface area contributed by atoms with E-state index in [-0.39, 0.29) is 23.2 Å². The fourth-order valence-electron chi connectivity index (χ4n) is 2.40. The summed E-state index contributed by atoms with van der Waals surface area (Å²) >= 11 is 0. The van der Waals surface area contributed by atoms with Crippen LogP contribution in [0, 0.1) is 5.41 Å². The van der Waals surface area contributed by atoms with Crippen molar-refractivity contribution in [1.29, 1.82) is 0 Å². The average Bonchev–Trinajstić information content (AvgIpc) is 2.54. The summed E-state index contributed by atoms with van der Waals surface area (Å²) in [6.45, 7) is 5.18. The molecule has 1 aliphatic carbocycles. The number of hydrogen-bond acceptors (Lipinski definition) is 3. The molecule has 0 amide bonds. The minimum absolute atomic E-state index is 0.0461. The first kappa shape index (κ1) is 15.4. The summed E-state index contributed by atoms with van der Waals surface area (Å²) in [4.78, 5) is 23.4. The van der Waals surface area contributed by atoms with Gasteiger partial charge in [0.05, 0.1) is 7.11 Å². The largest absolute Gasteiger partial charge is 0.466 e. The number of Topliss-reactive ketones (excluding diaryl/α,β-unsaturated/α-hetero) is 1. The van der Waals surface area contributed by atoms with Crippen molar-refractivity contribution >= 4 is 11.8 Å². The van der Waals surface area contributed by atoms with Crippen molar-refractivity contribution in [3.05, 3.63) is 58.7 Å². The first-order chi connectivity index (χ1) is 12.4. The molecule has 0 heterocycles. The number of methoxy groups -OCH3 is 1. The van der Waals surface area contributed by atoms with Gasteiger partial charge >= 0.3 is 5.97 Å². The van der Waals surface area contributed by atoms with Crippen molar-refractivity contribution in [3.63, 3.8) is 0 Å². The van der Waals surface area contributed by atoms with Gasteiger partial charge in [-0.05, 0) is 49.3 Å². The summed E-state index contributed by atoms with van der Waals surface area (Å²) in [5.41, 5.74) is 1.81. The van der Waals surface area contributed by atoms with E-state index in [4.69, 9.17) is 4.11 Å². The van der Waals surface area contributed by atoms with Crippen LogP contribution >= 0.6 is 0 Å². The standard InChI is InChI=1S/C21H28O3/c1-15(8-7-9-16(2)14-20(23)24-6)10-11-18-17(3)19(22)12-13-21(18,4)5/h7-11,14H,12-13H2,1-6H3/b9-7+,11-10+,15-8+,16-14-/i3D3. The maximum atomic E-state index is 12.2. The molecule has 0 N–H and O–H groups in total. The molecule has 0 aromatic carbocycles. The Hall–Kier alpha value is -2.16. The van der Waals surface area contributed by atoms with Crippen LogP contribution in [0.3, 0.4) is 0 Å². The Morgan fingerprint density at radius 2 is 1.96 bits per heavy atom. The molecule has 0 aromatic rings. The van der Waals surface area contributed by atoms with Crippen LogP contribution in [0.25, 0.3) is 0 Å². The maximum absolute atomic E-state index is 12.2. The minimum atomic E-state index is -2.41. The lowest BCUT2D eigenvalue weighted by Crippen LogP contribution is -2.24. The lowest BCUT2D eigenvalue weighted by atomic mass is 9.72. The maximum Gasteiger partial charge on any atom is 0.330 e. The van der Waals surface area contributed by atoms with Crippen molar-refractivity contribution in [2.75, 3.05) is 7.11 Å². The van der Waals surface area contributed by atoms with Crippen LogP contribution in [0.15, 0.2) is 58.7 Å². The quantitative estimate of drug-likeness (QED) is 0.410. The van der Waals surface area contributed by atoms with E-state index in [9.17, 15) is 9.59 Å². The number of carbonyl (C=O) groups excluding carboxylic acids is 2. The molecule has 0 atom stereocenters. The van der Waals surface area contributed by atoms with Gasteiger partial charge in [-0.25, -0.2) is 4.79 Å². The molecule has 0 bridgehead atoms. The smallest absolute Gasteiger partial charge is 0.330 e. The van der Waals surface area contributed by atoms with Crippen LogP contribution in [0.5, 0.6) is 0 Å². The SMILES string of the molecule is [2H]C([2H])([2H])C1=C(/C=C/C(C)=C/C=C/C(C)=C\C(=O)OC)C(C)(C)CCC1=O. The molecule has 0 aliphatic heterocycles. The summed E-state index contributed by atoms with van der Waals surface area (Å²) in [7, 11) is 1.32. The number of allylic oxidation sites excluding steroid dienone is 9. The summed E-state index contributed by atoms with van der Waals surface area (Å²) in [6, 6.07) is 0. The molecule has 1 aliphatic rings. The van der Waals surface area contributed by atoms with Crippen LogP contribution in [0.1, 0.15) is 51.5 Å². The van der Waals surface area contributed by atoms with Crippen LogP contribution in [0.4, 0.5) is 0 Å². The van der Waals surface area contributed by atoms with E-state index in [1.54, 1.807) is 25.2 Å². The van der Waals surface area contributed by atoms with Gasteiger partial charge in [-0.2, -0.15) is 0 Å². The fraction of sp³-hybridized carbons (Fsp3) is 0.429. The number of ketones is 1. The predicted octanol–water partition coefficient (Wildman–Crippen LogP) is 4.87. The highest BCUT2D eigenvalue weighted by molar-refractivity contribution is 5.97. The highest BCUT2D eigenvalue weighted by atomic mass is 16.5. The molecule has 3 heteroatoms. The number of esters is 1. The topological polar surface area (TPSA) is 43.4 Å². The van der Waals surface area contributed by atoms with Crippen molar-refractivity contribution < 1.29 is 18.4 Å². The third-order valence-corrected chi connectivity index (χ3v) is 4.03. The Morgan fingerprint density at radius 1 is 1.25 bits per heavy atom. The molecular weight excluding hydrogens is 300 g/mol. The third-order valence-electron chi connectivity index (χ3n) is 4.03. The van der Waals surface area contributed by atoms with Gasteiger partial charge in [0, 0.05) is 16.6 Å². The van der Waals surface area contributed by atoms with Gasteiger partial charge < -0.3 is 4.74 Å². The zero-order valence-corrected chi connectivity index (χ0v) is 15.1. The number of ether oxygens (including phenoxy) is 1. The molecule has 0 saturated heterocycles. The van der Waals surface area contributed by atoms with Gasteiger partial charge in [0.2, 0.25) is 0 Å². The summed E-state index contributed by atoms with van der Waals surface area (Å²) in [6.07, 6.45) is 11.3. The summed E-state index contributed by atoms with van der Waals surface area (Å²) in [5, 5.41) is 0. The second-order valence-corrected chi connectivity index (χ2v) is 6.61. The molecule has 0 saturated carbocycles. The van der Waals surface area contributed by atoms with E-state index in [2.05, 4.69) is 4.74 Å². The summed E-state index contributed by atoms with van der Waals surface area (Å²) < 4.78 is 27.8. The first-order valence-corrected chi connectivity index (χ1v) is 7.96.